The predicted octanol–water partition coefficient (Wildman–Crippen LogP) is 2.25. The second-order valence-electron chi connectivity index (χ2n) is 6.67. The summed E-state index contributed by atoms with van der Waals surface area (Å²) in [5.74, 6) is 0.0153. The number of anilines is 1. The minimum absolute atomic E-state index is 0. The molecule has 6 nitrogen and oxygen atoms in total. The second-order valence-corrected chi connectivity index (χ2v) is 6.67. The van der Waals surface area contributed by atoms with Crippen LogP contribution in [0, 0.1) is 6.92 Å². The summed E-state index contributed by atoms with van der Waals surface area (Å²) in [6, 6.07) is 8.70. The van der Waals surface area contributed by atoms with E-state index in [1.165, 1.54) is 11.3 Å². The number of hydrogen-bond acceptors (Lipinski definition) is 5. The summed E-state index contributed by atoms with van der Waals surface area (Å²) in [6.07, 6.45) is 1.12. The number of hydrogen-bond donors (Lipinski definition) is 2. The number of piperazine rings is 1. The van der Waals surface area contributed by atoms with E-state index in [1.54, 1.807) is 7.11 Å². The van der Waals surface area contributed by atoms with Crippen molar-refractivity contribution in [2.24, 2.45) is 5.73 Å². The number of carbonyl (C=O) groups is 1. The van der Waals surface area contributed by atoms with Crippen molar-refractivity contribution in [3.63, 3.8) is 0 Å². The lowest BCUT2D eigenvalue weighted by atomic mass is 10.2. The van der Waals surface area contributed by atoms with E-state index in [9.17, 15) is 4.79 Å². The van der Waals surface area contributed by atoms with Gasteiger partial charge in [-0.05, 0) is 37.6 Å². The van der Waals surface area contributed by atoms with Crippen LogP contribution in [0.1, 0.15) is 18.4 Å². The molecule has 0 aromatic heterocycles. The fraction of sp³-hybridized carbons (Fsp3) is 0.632. The standard InChI is InChI=1S/C19H32N4O2.3ClH/c1-16-5-3-6-17(13-16)23-11-9-22(10-12-23)8-4-7-21-19(24)14-18(15-20)25-2;;;/h3,5-6,13,18H,4,7-12,14-15,20H2,1-2H3,(H,21,24);3*1H. The van der Waals surface area contributed by atoms with E-state index in [0.717, 1.165) is 39.1 Å². The molecule has 2 rings (SSSR count). The third-order valence-corrected chi connectivity index (χ3v) is 4.72. The molecule has 0 radical (unpaired) electrons. The lowest BCUT2D eigenvalue weighted by Gasteiger charge is -2.36. The Balaban J connectivity index is 0. The van der Waals surface area contributed by atoms with Crippen LogP contribution in [0.2, 0.25) is 0 Å². The van der Waals surface area contributed by atoms with Crippen LogP contribution in [0.25, 0.3) is 0 Å². The van der Waals surface area contributed by atoms with Gasteiger partial charge in [0.15, 0.2) is 0 Å². The first-order chi connectivity index (χ1) is 12.1. The SMILES string of the molecule is COC(CN)CC(=O)NCCCN1CCN(c2cccc(C)c2)CC1.Cl.Cl.Cl. The average Bonchev–Trinajstić information content (AvgIpc) is 2.64. The number of halogens is 3. The van der Waals surface area contributed by atoms with Gasteiger partial charge in [0, 0.05) is 52.1 Å². The summed E-state index contributed by atoms with van der Waals surface area (Å²) >= 11 is 0. The van der Waals surface area contributed by atoms with Gasteiger partial charge in [0.25, 0.3) is 0 Å². The van der Waals surface area contributed by atoms with E-state index in [2.05, 4.69) is 46.3 Å². The van der Waals surface area contributed by atoms with Crippen LogP contribution < -0.4 is 16.0 Å². The fourth-order valence-corrected chi connectivity index (χ4v) is 3.13. The molecule has 1 aliphatic rings. The van der Waals surface area contributed by atoms with Crippen LogP contribution in [0.15, 0.2) is 24.3 Å². The molecule has 0 bridgehead atoms. The maximum Gasteiger partial charge on any atom is 0.222 e. The Bertz CT molecular complexity index is 540. The van der Waals surface area contributed by atoms with Crippen LogP contribution in [0.3, 0.4) is 0 Å². The number of amides is 1. The Kier molecular flexibility index (Phi) is 16.9. The fourth-order valence-electron chi connectivity index (χ4n) is 3.13. The highest BCUT2D eigenvalue weighted by Crippen LogP contribution is 2.17. The molecule has 0 aliphatic carbocycles. The van der Waals surface area contributed by atoms with Crippen molar-refractivity contribution in [1.82, 2.24) is 10.2 Å². The number of rotatable bonds is 9. The number of nitrogens with two attached hydrogens (primary N) is 1. The number of ether oxygens (including phenoxy) is 1. The lowest BCUT2D eigenvalue weighted by molar-refractivity contribution is -0.123. The second kappa shape index (κ2) is 16.1. The molecule has 0 saturated carbocycles. The summed E-state index contributed by atoms with van der Waals surface area (Å²) in [4.78, 5) is 16.7. The Labute approximate surface area is 187 Å². The van der Waals surface area contributed by atoms with Gasteiger partial charge in [-0.25, -0.2) is 0 Å². The van der Waals surface area contributed by atoms with Crippen LogP contribution in [0.5, 0.6) is 0 Å². The van der Waals surface area contributed by atoms with Gasteiger partial charge in [-0.2, -0.15) is 0 Å². The van der Waals surface area contributed by atoms with Crippen LogP contribution in [-0.2, 0) is 9.53 Å². The van der Waals surface area contributed by atoms with E-state index in [1.807, 2.05) is 0 Å². The highest BCUT2D eigenvalue weighted by molar-refractivity contribution is 5.86. The van der Waals surface area contributed by atoms with Crippen LogP contribution in [0.4, 0.5) is 5.69 Å². The average molecular weight is 458 g/mol. The van der Waals surface area contributed by atoms with Crippen molar-refractivity contribution in [2.45, 2.75) is 25.9 Å². The molecular formula is C19H35Cl3N4O2. The van der Waals surface area contributed by atoms with Gasteiger partial charge < -0.3 is 20.7 Å². The van der Waals surface area contributed by atoms with Gasteiger partial charge in [-0.1, -0.05) is 12.1 Å². The van der Waals surface area contributed by atoms with Gasteiger partial charge in [0.05, 0.1) is 12.5 Å². The van der Waals surface area contributed by atoms with Crippen molar-refractivity contribution in [2.75, 3.05) is 57.8 Å². The molecular weight excluding hydrogens is 423 g/mol. The Hall–Kier alpha value is -0.760. The largest absolute Gasteiger partial charge is 0.380 e. The van der Waals surface area contributed by atoms with Gasteiger partial charge in [-0.15, -0.1) is 37.2 Å². The monoisotopic (exact) mass is 456 g/mol. The first-order valence-electron chi connectivity index (χ1n) is 9.16. The molecule has 1 saturated heterocycles. The molecule has 164 valence electrons. The van der Waals surface area contributed by atoms with Gasteiger partial charge in [-0.3, -0.25) is 9.69 Å². The van der Waals surface area contributed by atoms with Crippen molar-refractivity contribution in [3.8, 4) is 0 Å². The van der Waals surface area contributed by atoms with E-state index < -0.39 is 0 Å². The van der Waals surface area contributed by atoms with E-state index in [-0.39, 0.29) is 49.2 Å². The molecule has 0 spiro atoms. The molecule has 1 aromatic rings. The maximum atomic E-state index is 11.8. The van der Waals surface area contributed by atoms with Crippen LogP contribution in [-0.4, -0.2) is 69.8 Å². The maximum absolute atomic E-state index is 11.8. The predicted molar refractivity (Wildman–Crippen MR) is 124 cm³/mol. The summed E-state index contributed by atoms with van der Waals surface area (Å²) < 4.78 is 5.13. The molecule has 1 aromatic carbocycles. The van der Waals surface area contributed by atoms with Gasteiger partial charge >= 0.3 is 0 Å². The number of aryl methyl sites for hydroxylation is 1. The molecule has 1 heterocycles. The minimum atomic E-state index is -0.185. The molecule has 1 amide bonds. The lowest BCUT2D eigenvalue weighted by Crippen LogP contribution is -2.47. The molecule has 9 heteroatoms. The topological polar surface area (TPSA) is 70.8 Å². The highest BCUT2D eigenvalue weighted by Gasteiger charge is 2.17. The Morgan fingerprint density at radius 2 is 1.89 bits per heavy atom. The third-order valence-electron chi connectivity index (χ3n) is 4.72. The third kappa shape index (κ3) is 10.1. The normalized spacial score (nSPS) is 14.9. The summed E-state index contributed by atoms with van der Waals surface area (Å²) in [5, 5.41) is 2.95. The van der Waals surface area contributed by atoms with E-state index in [0.29, 0.717) is 19.5 Å². The van der Waals surface area contributed by atoms with E-state index >= 15 is 0 Å². The summed E-state index contributed by atoms with van der Waals surface area (Å²) in [6.45, 7) is 8.49. The first kappa shape index (κ1) is 29.4. The number of nitrogens with one attached hydrogen (secondary N) is 1. The number of carbonyl (C=O) groups excluding carboxylic acids is 1. The Morgan fingerprint density at radius 1 is 1.21 bits per heavy atom. The van der Waals surface area contributed by atoms with Gasteiger partial charge in [0.2, 0.25) is 5.91 Å². The molecule has 1 unspecified atom stereocenters. The quantitative estimate of drug-likeness (QED) is 0.557. The first-order valence-corrected chi connectivity index (χ1v) is 9.16. The number of methoxy groups -OCH3 is 1. The number of nitrogens with zero attached hydrogens (tertiary/aromatic N) is 2. The van der Waals surface area contributed by atoms with Crippen molar-refractivity contribution < 1.29 is 9.53 Å². The summed E-state index contributed by atoms with van der Waals surface area (Å²) in [5.41, 5.74) is 8.16. The van der Waals surface area contributed by atoms with Crippen LogP contribution >= 0.6 is 37.2 Å². The number of benzene rings is 1. The molecule has 3 N–H and O–H groups in total. The van der Waals surface area contributed by atoms with Crippen molar-refractivity contribution >= 4 is 48.8 Å². The summed E-state index contributed by atoms with van der Waals surface area (Å²) in [7, 11) is 1.58. The van der Waals surface area contributed by atoms with Gasteiger partial charge in [0.1, 0.15) is 0 Å². The minimum Gasteiger partial charge on any atom is -0.380 e. The zero-order chi connectivity index (χ0) is 18.1. The smallest absolute Gasteiger partial charge is 0.222 e. The molecule has 1 fully saturated rings. The van der Waals surface area contributed by atoms with E-state index in [4.69, 9.17) is 10.5 Å². The molecule has 28 heavy (non-hydrogen) atoms. The highest BCUT2D eigenvalue weighted by atomic mass is 35.5. The zero-order valence-electron chi connectivity index (χ0n) is 16.8. The Morgan fingerprint density at radius 3 is 2.46 bits per heavy atom. The van der Waals surface area contributed by atoms with Crippen molar-refractivity contribution in [3.05, 3.63) is 29.8 Å². The molecule has 1 aliphatic heterocycles. The zero-order valence-corrected chi connectivity index (χ0v) is 19.2. The molecule has 1 atom stereocenters. The van der Waals surface area contributed by atoms with Crippen molar-refractivity contribution in [1.29, 1.82) is 0 Å².